The molecule has 1 aromatic rings. The molecule has 17 heavy (non-hydrogen) atoms. The monoisotopic (exact) mass is 251 g/mol. The van der Waals surface area contributed by atoms with Crippen LogP contribution in [0.15, 0.2) is 23.2 Å². The third-order valence-corrected chi connectivity index (χ3v) is 2.22. The van der Waals surface area contributed by atoms with Gasteiger partial charge in [0, 0.05) is 5.69 Å². The predicted molar refractivity (Wildman–Crippen MR) is 71.6 cm³/mol. The molecule has 0 aliphatic carbocycles. The number of rotatable bonds is 3. The molecule has 0 saturated carbocycles. The predicted octanol–water partition coefficient (Wildman–Crippen LogP) is 2.10. The van der Waals surface area contributed by atoms with Crippen molar-refractivity contribution in [2.24, 2.45) is 10.7 Å². The van der Waals surface area contributed by atoms with Gasteiger partial charge in [-0.2, -0.15) is 0 Å². The lowest BCUT2D eigenvalue weighted by molar-refractivity contribution is 0.415. The van der Waals surface area contributed by atoms with E-state index in [4.69, 9.17) is 22.1 Å². The Morgan fingerprint density at radius 3 is 2.94 bits per heavy atom. The van der Waals surface area contributed by atoms with Gasteiger partial charge < -0.3 is 15.8 Å². The number of guanidine groups is 1. The molecule has 0 amide bonds. The van der Waals surface area contributed by atoms with Crippen LogP contribution in [0.5, 0.6) is 5.75 Å². The van der Waals surface area contributed by atoms with E-state index in [1.54, 1.807) is 32.2 Å². The van der Waals surface area contributed by atoms with E-state index in [0.717, 1.165) is 5.69 Å². The maximum atomic E-state index is 5.97. The molecule has 5 heteroatoms. The molecule has 0 aliphatic rings. The van der Waals surface area contributed by atoms with Gasteiger partial charge in [0.2, 0.25) is 0 Å². The first-order valence-electron chi connectivity index (χ1n) is 4.97. The first-order chi connectivity index (χ1) is 8.17. The number of hydrogen-bond donors (Lipinski definition) is 2. The van der Waals surface area contributed by atoms with E-state index in [9.17, 15) is 0 Å². The quantitative estimate of drug-likeness (QED) is 0.491. The maximum absolute atomic E-state index is 5.97. The zero-order chi connectivity index (χ0) is 12.7. The molecule has 0 aliphatic heterocycles. The van der Waals surface area contributed by atoms with Crippen LogP contribution in [0.4, 0.5) is 5.69 Å². The van der Waals surface area contributed by atoms with E-state index in [1.165, 1.54) is 0 Å². The van der Waals surface area contributed by atoms with E-state index >= 15 is 0 Å². The molecule has 90 valence electrons. The Labute approximate surface area is 106 Å². The fraction of sp³-hybridized carbons (Fsp3) is 0.250. The van der Waals surface area contributed by atoms with Crippen molar-refractivity contribution in [3.05, 3.63) is 23.2 Å². The molecule has 1 rings (SSSR count). The highest BCUT2D eigenvalue weighted by Gasteiger charge is 2.02. The highest BCUT2D eigenvalue weighted by Crippen LogP contribution is 2.26. The first kappa shape index (κ1) is 13.2. The van der Waals surface area contributed by atoms with E-state index < -0.39 is 0 Å². The molecule has 0 heterocycles. The van der Waals surface area contributed by atoms with Crippen LogP contribution in [0.25, 0.3) is 0 Å². The second-order valence-corrected chi connectivity index (χ2v) is 3.51. The number of halogens is 1. The summed E-state index contributed by atoms with van der Waals surface area (Å²) in [6.45, 7) is 2.13. The van der Waals surface area contributed by atoms with Gasteiger partial charge in [-0.05, 0) is 25.1 Å². The number of hydrogen-bond acceptors (Lipinski definition) is 2. The van der Waals surface area contributed by atoms with E-state index in [-0.39, 0.29) is 0 Å². The first-order valence-corrected chi connectivity index (χ1v) is 5.35. The van der Waals surface area contributed by atoms with Gasteiger partial charge in [-0.25, -0.2) is 4.99 Å². The van der Waals surface area contributed by atoms with Crippen LogP contribution >= 0.6 is 11.6 Å². The van der Waals surface area contributed by atoms with Gasteiger partial charge in [-0.1, -0.05) is 17.5 Å². The molecule has 0 unspecified atom stereocenters. The van der Waals surface area contributed by atoms with Gasteiger partial charge >= 0.3 is 0 Å². The smallest absolute Gasteiger partial charge is 0.194 e. The van der Waals surface area contributed by atoms with Gasteiger partial charge in [-0.15, -0.1) is 5.92 Å². The van der Waals surface area contributed by atoms with Crippen molar-refractivity contribution in [3.63, 3.8) is 0 Å². The van der Waals surface area contributed by atoms with Gasteiger partial charge in [0.15, 0.2) is 5.96 Å². The molecule has 0 fully saturated rings. The summed E-state index contributed by atoms with van der Waals surface area (Å²) < 4.78 is 5.04. The highest BCUT2D eigenvalue weighted by molar-refractivity contribution is 6.32. The van der Waals surface area contributed by atoms with Crippen molar-refractivity contribution in [3.8, 4) is 17.6 Å². The van der Waals surface area contributed by atoms with E-state index in [1.807, 2.05) is 0 Å². The molecule has 0 radical (unpaired) electrons. The Kier molecular flexibility index (Phi) is 5.18. The Bertz CT molecular complexity index is 474. The third kappa shape index (κ3) is 4.25. The number of anilines is 1. The zero-order valence-electron chi connectivity index (χ0n) is 9.75. The van der Waals surface area contributed by atoms with Crippen molar-refractivity contribution in [1.82, 2.24) is 0 Å². The van der Waals surface area contributed by atoms with Crippen molar-refractivity contribution in [2.45, 2.75) is 6.92 Å². The number of ether oxygens (including phenoxy) is 1. The van der Waals surface area contributed by atoms with Crippen molar-refractivity contribution in [2.75, 3.05) is 19.0 Å². The Morgan fingerprint density at radius 2 is 2.35 bits per heavy atom. The zero-order valence-corrected chi connectivity index (χ0v) is 10.5. The minimum absolute atomic E-state index is 0.300. The second kappa shape index (κ2) is 6.66. The summed E-state index contributed by atoms with van der Waals surface area (Å²) in [5.41, 5.74) is 6.42. The molecule has 0 saturated heterocycles. The number of methoxy groups -OCH3 is 1. The highest BCUT2D eigenvalue weighted by atomic mass is 35.5. The maximum Gasteiger partial charge on any atom is 0.194 e. The number of aliphatic imine (C=N–C) groups is 1. The summed E-state index contributed by atoms with van der Waals surface area (Å²) in [7, 11) is 1.56. The van der Waals surface area contributed by atoms with Gasteiger partial charge in [-0.3, -0.25) is 0 Å². The molecule has 0 spiro atoms. The lowest BCUT2D eigenvalue weighted by Crippen LogP contribution is -2.22. The lowest BCUT2D eigenvalue weighted by atomic mass is 10.3. The number of nitrogens with one attached hydrogen (secondary N) is 1. The van der Waals surface area contributed by atoms with Crippen LogP contribution in [-0.2, 0) is 0 Å². The van der Waals surface area contributed by atoms with Crippen LogP contribution < -0.4 is 15.8 Å². The molecule has 4 nitrogen and oxygen atoms in total. The largest absolute Gasteiger partial charge is 0.495 e. The molecule has 0 bridgehead atoms. The Balaban J connectivity index is 2.70. The van der Waals surface area contributed by atoms with Gasteiger partial charge in [0.1, 0.15) is 12.3 Å². The van der Waals surface area contributed by atoms with Crippen LogP contribution in [0, 0.1) is 11.8 Å². The summed E-state index contributed by atoms with van der Waals surface area (Å²) in [4.78, 5) is 4.02. The molecule has 3 N–H and O–H groups in total. The van der Waals surface area contributed by atoms with Crippen molar-refractivity contribution < 1.29 is 4.74 Å². The number of benzene rings is 1. The molecule has 0 atom stereocenters. The molecule has 1 aromatic carbocycles. The normalized spacial score (nSPS) is 10.4. The third-order valence-electron chi connectivity index (χ3n) is 1.93. The van der Waals surface area contributed by atoms with E-state index in [0.29, 0.717) is 23.3 Å². The summed E-state index contributed by atoms with van der Waals surface area (Å²) in [6, 6.07) is 5.27. The molecular weight excluding hydrogens is 238 g/mol. The van der Waals surface area contributed by atoms with Crippen LogP contribution in [0.3, 0.4) is 0 Å². The summed E-state index contributed by atoms with van der Waals surface area (Å²) >= 11 is 5.97. The fourth-order valence-corrected chi connectivity index (χ4v) is 1.39. The van der Waals surface area contributed by atoms with Crippen LogP contribution in [0.2, 0.25) is 5.02 Å². The standard InChI is InChI=1S/C12H14ClN3O/c1-3-4-7-15-12(14)16-9-5-6-11(17-2)10(13)8-9/h5-6,8H,7H2,1-2H3,(H3,14,15,16). The van der Waals surface area contributed by atoms with Crippen molar-refractivity contribution >= 4 is 23.2 Å². The molecule has 0 aromatic heterocycles. The van der Waals surface area contributed by atoms with E-state index in [2.05, 4.69) is 22.2 Å². The average molecular weight is 252 g/mol. The SMILES string of the molecule is CC#CCN=C(N)Nc1ccc(OC)c(Cl)c1. The summed E-state index contributed by atoms with van der Waals surface area (Å²) in [5.74, 6) is 6.44. The summed E-state index contributed by atoms with van der Waals surface area (Å²) in [6.07, 6.45) is 0. The number of nitrogens with two attached hydrogens (primary N) is 1. The lowest BCUT2D eigenvalue weighted by Gasteiger charge is -2.07. The van der Waals surface area contributed by atoms with Gasteiger partial charge in [0.25, 0.3) is 0 Å². The van der Waals surface area contributed by atoms with Crippen molar-refractivity contribution in [1.29, 1.82) is 0 Å². The Hall–Kier alpha value is -1.86. The van der Waals surface area contributed by atoms with Crippen LogP contribution in [-0.4, -0.2) is 19.6 Å². The average Bonchev–Trinajstić information content (AvgIpc) is 2.29. The Morgan fingerprint density at radius 1 is 1.59 bits per heavy atom. The fourth-order valence-electron chi connectivity index (χ4n) is 1.14. The molecular formula is C12H14ClN3O. The topological polar surface area (TPSA) is 59.6 Å². The summed E-state index contributed by atoms with van der Waals surface area (Å²) in [5, 5.41) is 3.43. The minimum Gasteiger partial charge on any atom is -0.495 e. The second-order valence-electron chi connectivity index (χ2n) is 3.10. The van der Waals surface area contributed by atoms with Gasteiger partial charge in [0.05, 0.1) is 12.1 Å². The number of nitrogens with zero attached hydrogens (tertiary/aromatic N) is 1. The van der Waals surface area contributed by atoms with Crippen LogP contribution in [0.1, 0.15) is 6.92 Å². The minimum atomic E-state index is 0.300.